The van der Waals surface area contributed by atoms with E-state index in [0.29, 0.717) is 36.1 Å². The minimum absolute atomic E-state index is 0.0113. The Morgan fingerprint density at radius 3 is 2.61 bits per heavy atom. The molecule has 3 rings (SSSR count). The number of fused-ring (bicyclic) bond motifs is 1. The largest absolute Gasteiger partial charge is 0.433 e. The number of pyridine rings is 1. The molecule has 0 unspecified atom stereocenters. The van der Waals surface area contributed by atoms with Gasteiger partial charge in [0.2, 0.25) is 0 Å². The molecule has 0 saturated carbocycles. The summed E-state index contributed by atoms with van der Waals surface area (Å²) in [6.45, 7) is 4.61. The van der Waals surface area contributed by atoms with Gasteiger partial charge in [0.25, 0.3) is 0 Å². The van der Waals surface area contributed by atoms with Gasteiger partial charge in [-0.3, -0.25) is 0 Å². The molecule has 0 bridgehead atoms. The van der Waals surface area contributed by atoms with Crippen LogP contribution in [0.2, 0.25) is 0 Å². The van der Waals surface area contributed by atoms with E-state index in [4.69, 9.17) is 5.14 Å². The zero-order valence-corrected chi connectivity index (χ0v) is 18.8. The van der Waals surface area contributed by atoms with E-state index in [-0.39, 0.29) is 21.9 Å². The van der Waals surface area contributed by atoms with Crippen LogP contribution in [0.5, 0.6) is 0 Å². The predicted molar refractivity (Wildman–Crippen MR) is 112 cm³/mol. The summed E-state index contributed by atoms with van der Waals surface area (Å²) in [4.78, 5) is 16.4. The van der Waals surface area contributed by atoms with Crippen LogP contribution in [-0.2, 0) is 41.0 Å². The number of alkyl halides is 3. The van der Waals surface area contributed by atoms with E-state index in [1.165, 1.54) is 26.8 Å². The Balaban J connectivity index is 2.01. The lowest BCUT2D eigenvalue weighted by Crippen LogP contribution is -2.21. The van der Waals surface area contributed by atoms with Gasteiger partial charge in [0, 0.05) is 11.3 Å². The van der Waals surface area contributed by atoms with Crippen LogP contribution in [0, 0.1) is 0 Å². The van der Waals surface area contributed by atoms with Crippen LogP contribution in [0.1, 0.15) is 55.3 Å². The monoisotopic (exact) mass is 476 g/mol. The van der Waals surface area contributed by atoms with Crippen LogP contribution in [0.3, 0.4) is 0 Å². The Hall–Kier alpha value is -2.02. The first-order valence-electron chi connectivity index (χ1n) is 9.53. The van der Waals surface area contributed by atoms with E-state index in [2.05, 4.69) is 14.7 Å². The predicted octanol–water partition coefficient (Wildman–Crippen LogP) is 4.37. The maximum atomic E-state index is 13.5. The number of hydrogen-bond donors (Lipinski definition) is 3. The van der Waals surface area contributed by atoms with Gasteiger partial charge in [0.1, 0.15) is 9.90 Å². The van der Waals surface area contributed by atoms with Crippen LogP contribution >= 0.6 is 11.3 Å². The number of nitrogens with zero attached hydrogens (tertiary/aromatic N) is 2. The Morgan fingerprint density at radius 1 is 1.39 bits per heavy atom. The summed E-state index contributed by atoms with van der Waals surface area (Å²) in [5.74, 6) is 0. The molecule has 0 radical (unpaired) electrons. The highest BCUT2D eigenvalue weighted by molar-refractivity contribution is 7.93. The lowest BCUT2D eigenvalue weighted by atomic mass is 10.0. The number of urea groups is 1. The molecule has 0 spiro atoms. The van der Waals surface area contributed by atoms with E-state index < -0.39 is 33.4 Å². The number of amides is 2. The summed E-state index contributed by atoms with van der Waals surface area (Å²) in [6, 6.07) is 0.293. The van der Waals surface area contributed by atoms with Crippen LogP contribution in [0.15, 0.2) is 20.0 Å². The normalized spacial score (nSPS) is 16.0. The Labute approximate surface area is 182 Å². The summed E-state index contributed by atoms with van der Waals surface area (Å²) in [7, 11) is -3.66. The molecular weight excluding hydrogens is 453 g/mol. The van der Waals surface area contributed by atoms with E-state index in [0.717, 1.165) is 11.3 Å². The summed E-state index contributed by atoms with van der Waals surface area (Å²) in [5.41, 5.74) is -1.07. The highest BCUT2D eigenvalue weighted by Gasteiger charge is 2.38. The van der Waals surface area contributed by atoms with Crippen molar-refractivity contribution in [2.24, 2.45) is 9.50 Å². The van der Waals surface area contributed by atoms with Crippen LogP contribution in [0.25, 0.3) is 0 Å². The average Bonchev–Trinajstić information content (AvgIpc) is 3.29. The summed E-state index contributed by atoms with van der Waals surface area (Å²) >= 11 is 0.972. The standard InChI is InChI=1S/C19H23F3N4O3S2/c1-4-11-15(12-6-5-7-13(12)24-16(11)19(20,21)22)25-17(27)26-31(23,29)14-8-10(9-30-14)18(2,3)28/h8-9,28H,4-7H2,1-3H3,(H3,23,24,25,26,27,29)/t31-/m1/s1. The second-order valence-corrected chi connectivity index (χ2v) is 10.7. The fourth-order valence-electron chi connectivity index (χ4n) is 3.44. The van der Waals surface area contributed by atoms with Gasteiger partial charge in [-0.25, -0.2) is 19.1 Å². The number of nitrogens with two attached hydrogens (primary N) is 1. The van der Waals surface area contributed by atoms with Gasteiger partial charge in [-0.15, -0.1) is 15.7 Å². The van der Waals surface area contributed by atoms with Gasteiger partial charge in [0.15, 0.2) is 9.92 Å². The first kappa shape index (κ1) is 23.6. The quantitative estimate of drug-likeness (QED) is 0.607. The average molecular weight is 477 g/mol. The van der Waals surface area contributed by atoms with Crippen molar-refractivity contribution in [3.05, 3.63) is 39.5 Å². The molecule has 2 aromatic rings. The Morgan fingerprint density at radius 2 is 2.06 bits per heavy atom. The first-order chi connectivity index (χ1) is 14.2. The smallest absolute Gasteiger partial charge is 0.386 e. The van der Waals surface area contributed by atoms with Crippen LogP contribution < -0.4 is 10.5 Å². The number of anilines is 1. The van der Waals surface area contributed by atoms with Crippen molar-refractivity contribution in [3.63, 3.8) is 0 Å². The minimum atomic E-state index is -4.68. The highest BCUT2D eigenvalue weighted by Crippen LogP contribution is 2.39. The second kappa shape index (κ2) is 8.15. The molecule has 4 N–H and O–H groups in total. The molecule has 7 nitrogen and oxygen atoms in total. The van der Waals surface area contributed by atoms with Crippen molar-refractivity contribution in [2.45, 2.75) is 62.4 Å². The molecule has 31 heavy (non-hydrogen) atoms. The van der Waals surface area contributed by atoms with E-state index in [1.54, 1.807) is 5.38 Å². The highest BCUT2D eigenvalue weighted by atomic mass is 32.2. The van der Waals surface area contributed by atoms with Gasteiger partial charge >= 0.3 is 12.2 Å². The third-order valence-electron chi connectivity index (χ3n) is 4.97. The molecule has 2 amide bonds. The van der Waals surface area contributed by atoms with Crippen molar-refractivity contribution in [1.29, 1.82) is 0 Å². The number of thiophene rings is 1. The third kappa shape index (κ3) is 4.92. The van der Waals surface area contributed by atoms with E-state index >= 15 is 0 Å². The zero-order chi connectivity index (χ0) is 23.2. The molecule has 170 valence electrons. The van der Waals surface area contributed by atoms with E-state index in [9.17, 15) is 27.3 Å². The summed E-state index contributed by atoms with van der Waals surface area (Å²) in [5, 5.41) is 19.8. The number of aliphatic hydroxyl groups is 1. The summed E-state index contributed by atoms with van der Waals surface area (Å²) < 4.78 is 57.0. The molecule has 2 aromatic heterocycles. The first-order valence-corrected chi connectivity index (χ1v) is 12.0. The van der Waals surface area contributed by atoms with Crippen molar-refractivity contribution < 1.29 is 27.3 Å². The van der Waals surface area contributed by atoms with Gasteiger partial charge in [-0.05, 0) is 62.1 Å². The van der Waals surface area contributed by atoms with Gasteiger partial charge in [-0.1, -0.05) is 6.92 Å². The fourth-order valence-corrected chi connectivity index (χ4v) is 5.72. The Kier molecular flexibility index (Phi) is 6.22. The number of halogens is 3. The molecule has 0 saturated heterocycles. The van der Waals surface area contributed by atoms with Crippen LogP contribution in [-0.4, -0.2) is 20.3 Å². The topological polar surface area (TPSA) is 118 Å². The number of aromatic nitrogens is 1. The zero-order valence-electron chi connectivity index (χ0n) is 17.2. The lowest BCUT2D eigenvalue weighted by Gasteiger charge is -2.19. The molecular formula is C19H23F3N4O3S2. The third-order valence-corrected chi connectivity index (χ3v) is 7.83. The minimum Gasteiger partial charge on any atom is -0.386 e. The molecule has 0 aliphatic heterocycles. The summed E-state index contributed by atoms with van der Waals surface area (Å²) in [6.07, 6.45) is -3.21. The van der Waals surface area contributed by atoms with Gasteiger partial charge in [0.05, 0.1) is 11.3 Å². The van der Waals surface area contributed by atoms with Gasteiger partial charge in [-0.2, -0.15) is 13.2 Å². The van der Waals surface area contributed by atoms with Crippen molar-refractivity contribution in [2.75, 3.05) is 5.32 Å². The molecule has 1 atom stereocenters. The van der Waals surface area contributed by atoms with Crippen molar-refractivity contribution in [1.82, 2.24) is 4.98 Å². The number of carbonyl (C=O) groups is 1. The lowest BCUT2D eigenvalue weighted by molar-refractivity contribution is -0.141. The molecule has 12 heteroatoms. The van der Waals surface area contributed by atoms with E-state index in [1.807, 2.05) is 0 Å². The number of rotatable bonds is 4. The second-order valence-electron chi connectivity index (χ2n) is 7.75. The number of hydrogen-bond acceptors (Lipinski definition) is 5. The molecule has 0 fully saturated rings. The SMILES string of the molecule is CCc1c(C(F)(F)F)nc2c(c1NC(=O)N=[S@@](N)(=O)c1cc(C(C)(C)O)cs1)CCC2. The molecule has 1 aliphatic carbocycles. The van der Waals surface area contributed by atoms with Crippen LogP contribution in [0.4, 0.5) is 23.7 Å². The molecule has 2 heterocycles. The fraction of sp³-hybridized carbons (Fsp3) is 0.474. The number of aryl methyl sites for hydroxylation is 1. The van der Waals surface area contributed by atoms with Crippen molar-refractivity contribution >= 4 is 33.0 Å². The number of carbonyl (C=O) groups excluding carboxylic acids is 1. The van der Waals surface area contributed by atoms with Crippen molar-refractivity contribution in [3.8, 4) is 0 Å². The Bertz CT molecular complexity index is 1140. The maximum Gasteiger partial charge on any atom is 0.433 e. The molecule has 0 aromatic carbocycles. The number of nitrogens with one attached hydrogen (secondary N) is 1. The van der Waals surface area contributed by atoms with Gasteiger partial charge < -0.3 is 10.4 Å². The maximum absolute atomic E-state index is 13.5. The molecule has 1 aliphatic rings.